The summed E-state index contributed by atoms with van der Waals surface area (Å²) in [6, 6.07) is 10.8. The van der Waals surface area contributed by atoms with Crippen molar-refractivity contribution in [1.29, 1.82) is 0 Å². The van der Waals surface area contributed by atoms with Crippen LogP contribution in [0.25, 0.3) is 0 Å². The minimum atomic E-state index is -1.15. The number of carbonyl (C=O) groups excluding carboxylic acids is 1. The number of anilines is 1. The highest BCUT2D eigenvalue weighted by Gasteiger charge is 2.36. The second-order valence-corrected chi connectivity index (χ2v) is 5.77. The molecule has 5 nitrogen and oxygen atoms in total. The molecule has 24 heavy (non-hydrogen) atoms. The lowest BCUT2D eigenvalue weighted by Gasteiger charge is -2.34. The number of amides is 1. The molecule has 1 atom stereocenters. The van der Waals surface area contributed by atoms with Gasteiger partial charge in [0.25, 0.3) is 5.91 Å². The van der Waals surface area contributed by atoms with Crippen LogP contribution in [0.5, 0.6) is 5.75 Å². The van der Waals surface area contributed by atoms with Crippen molar-refractivity contribution in [2.75, 3.05) is 4.90 Å². The monoisotopic (exact) mass is 349 g/mol. The zero-order valence-corrected chi connectivity index (χ0v) is 13.2. The number of halogens is 2. The maximum atomic E-state index is 14.0. The normalized spacial score (nSPS) is 16.5. The van der Waals surface area contributed by atoms with Gasteiger partial charge in [0.05, 0.1) is 18.7 Å². The number of hydrogen-bond acceptors (Lipinski definition) is 3. The number of carbonyl (C=O) groups is 2. The fourth-order valence-corrected chi connectivity index (χ4v) is 2.76. The van der Waals surface area contributed by atoms with Crippen LogP contribution in [0.2, 0.25) is 5.02 Å². The highest BCUT2D eigenvalue weighted by molar-refractivity contribution is 6.30. The van der Waals surface area contributed by atoms with E-state index in [2.05, 4.69) is 0 Å². The Bertz CT molecular complexity index is 811. The number of rotatable bonds is 4. The van der Waals surface area contributed by atoms with Gasteiger partial charge in [-0.25, -0.2) is 4.39 Å². The van der Waals surface area contributed by atoms with Crippen LogP contribution in [0.4, 0.5) is 10.1 Å². The van der Waals surface area contributed by atoms with Gasteiger partial charge in [0.1, 0.15) is 11.6 Å². The van der Waals surface area contributed by atoms with Crippen LogP contribution in [-0.2, 0) is 16.1 Å². The van der Waals surface area contributed by atoms with Gasteiger partial charge in [-0.05, 0) is 30.3 Å². The number of benzene rings is 2. The van der Waals surface area contributed by atoms with Crippen LogP contribution in [0, 0.1) is 5.82 Å². The molecular weight excluding hydrogens is 337 g/mol. The smallest absolute Gasteiger partial charge is 0.307 e. The van der Waals surface area contributed by atoms with Crippen LogP contribution in [0.3, 0.4) is 0 Å². The van der Waals surface area contributed by atoms with Crippen molar-refractivity contribution in [3.8, 4) is 5.75 Å². The number of hydrogen-bond donors (Lipinski definition) is 1. The Kier molecular flexibility index (Phi) is 4.40. The zero-order valence-electron chi connectivity index (χ0n) is 12.4. The van der Waals surface area contributed by atoms with E-state index in [1.165, 1.54) is 23.1 Å². The Labute approximate surface area is 142 Å². The van der Waals surface area contributed by atoms with E-state index in [0.717, 1.165) is 0 Å². The van der Waals surface area contributed by atoms with Crippen molar-refractivity contribution in [3.05, 3.63) is 58.9 Å². The molecule has 1 heterocycles. The summed E-state index contributed by atoms with van der Waals surface area (Å²) in [4.78, 5) is 24.9. The number of para-hydroxylation sites is 2. The standard InChI is InChI=1S/C17H13ClFNO4/c18-11-5-6-12(19)10(7-11)9-20-13-3-1-2-4-14(13)24-15(17(20)23)8-16(21)22/h1-7,15H,8-9H2,(H,21,22). The van der Waals surface area contributed by atoms with E-state index in [0.29, 0.717) is 16.5 Å². The summed E-state index contributed by atoms with van der Waals surface area (Å²) in [6.45, 7) is -0.0677. The molecule has 1 aliphatic heterocycles. The number of fused-ring (bicyclic) bond motifs is 1. The van der Waals surface area contributed by atoms with Gasteiger partial charge in [-0.15, -0.1) is 0 Å². The zero-order chi connectivity index (χ0) is 17.3. The van der Waals surface area contributed by atoms with E-state index in [4.69, 9.17) is 21.4 Å². The largest absolute Gasteiger partial charge is 0.481 e. The van der Waals surface area contributed by atoms with Gasteiger partial charge >= 0.3 is 5.97 Å². The first-order valence-corrected chi connectivity index (χ1v) is 7.56. The van der Waals surface area contributed by atoms with Crippen molar-refractivity contribution in [1.82, 2.24) is 0 Å². The molecule has 0 radical (unpaired) electrons. The third-order valence-corrected chi connectivity index (χ3v) is 3.90. The summed E-state index contributed by atoms with van der Waals surface area (Å²) in [6.07, 6.45) is -1.62. The lowest BCUT2D eigenvalue weighted by molar-refractivity contribution is -0.142. The summed E-state index contributed by atoms with van der Waals surface area (Å²) in [5.41, 5.74) is 0.699. The minimum absolute atomic E-state index is 0.0677. The molecule has 0 saturated heterocycles. The molecule has 0 bridgehead atoms. The fourth-order valence-electron chi connectivity index (χ4n) is 2.56. The van der Waals surface area contributed by atoms with Crippen molar-refractivity contribution >= 4 is 29.2 Å². The average molecular weight is 350 g/mol. The molecule has 1 amide bonds. The average Bonchev–Trinajstić information content (AvgIpc) is 2.54. The van der Waals surface area contributed by atoms with Gasteiger partial charge < -0.3 is 14.7 Å². The van der Waals surface area contributed by atoms with Crippen molar-refractivity contribution < 1.29 is 23.8 Å². The SMILES string of the molecule is O=C(O)CC1Oc2ccccc2N(Cc2cc(Cl)ccc2F)C1=O. The Balaban J connectivity index is 1.99. The Hall–Kier alpha value is -2.60. The Morgan fingerprint density at radius 2 is 2.04 bits per heavy atom. The number of carboxylic acid groups (broad SMARTS) is 1. The Morgan fingerprint density at radius 3 is 2.79 bits per heavy atom. The molecule has 0 spiro atoms. The van der Waals surface area contributed by atoms with E-state index in [1.807, 2.05) is 0 Å². The predicted molar refractivity (Wildman–Crippen MR) is 85.7 cm³/mol. The van der Waals surface area contributed by atoms with E-state index >= 15 is 0 Å². The van der Waals surface area contributed by atoms with E-state index in [1.54, 1.807) is 24.3 Å². The summed E-state index contributed by atoms with van der Waals surface area (Å²) >= 11 is 5.90. The Morgan fingerprint density at radius 1 is 1.29 bits per heavy atom. The van der Waals surface area contributed by atoms with Crippen LogP contribution in [0.15, 0.2) is 42.5 Å². The summed E-state index contributed by atoms with van der Waals surface area (Å²) in [7, 11) is 0. The first-order chi connectivity index (χ1) is 11.5. The van der Waals surface area contributed by atoms with Gasteiger partial charge in [0.15, 0.2) is 6.10 Å². The highest BCUT2D eigenvalue weighted by atomic mass is 35.5. The molecule has 0 aromatic heterocycles. The quantitative estimate of drug-likeness (QED) is 0.920. The van der Waals surface area contributed by atoms with Gasteiger partial charge in [0.2, 0.25) is 0 Å². The minimum Gasteiger partial charge on any atom is -0.481 e. The van der Waals surface area contributed by atoms with E-state index in [9.17, 15) is 14.0 Å². The molecule has 1 unspecified atom stereocenters. The maximum absolute atomic E-state index is 14.0. The molecule has 0 saturated carbocycles. The molecule has 124 valence electrons. The van der Waals surface area contributed by atoms with Crippen LogP contribution in [-0.4, -0.2) is 23.1 Å². The number of ether oxygens (including phenoxy) is 1. The van der Waals surface area contributed by atoms with Gasteiger partial charge in [-0.3, -0.25) is 9.59 Å². The predicted octanol–water partition coefficient (Wildman–Crippen LogP) is 3.25. The van der Waals surface area contributed by atoms with E-state index < -0.39 is 30.2 Å². The van der Waals surface area contributed by atoms with Crippen LogP contribution in [0.1, 0.15) is 12.0 Å². The molecule has 7 heteroatoms. The molecule has 3 rings (SSSR count). The molecule has 2 aromatic carbocycles. The van der Waals surface area contributed by atoms with E-state index in [-0.39, 0.29) is 12.1 Å². The van der Waals surface area contributed by atoms with Crippen molar-refractivity contribution in [2.45, 2.75) is 19.1 Å². The molecule has 0 fully saturated rings. The number of aliphatic carboxylic acids is 1. The lowest BCUT2D eigenvalue weighted by Crippen LogP contribution is -2.46. The third-order valence-electron chi connectivity index (χ3n) is 3.66. The lowest BCUT2D eigenvalue weighted by atomic mass is 10.1. The molecule has 1 N–H and O–H groups in total. The summed E-state index contributed by atoms with van der Waals surface area (Å²) < 4.78 is 19.5. The van der Waals surface area contributed by atoms with Crippen molar-refractivity contribution in [3.63, 3.8) is 0 Å². The maximum Gasteiger partial charge on any atom is 0.307 e. The second kappa shape index (κ2) is 6.49. The molecular formula is C17H13ClFNO4. The topological polar surface area (TPSA) is 66.8 Å². The van der Waals surface area contributed by atoms with Crippen LogP contribution >= 0.6 is 11.6 Å². The van der Waals surface area contributed by atoms with Crippen LogP contribution < -0.4 is 9.64 Å². The number of nitrogens with zero attached hydrogens (tertiary/aromatic N) is 1. The van der Waals surface area contributed by atoms with Crippen molar-refractivity contribution in [2.24, 2.45) is 0 Å². The summed E-state index contributed by atoms with van der Waals surface area (Å²) in [5.74, 6) is -1.80. The molecule has 1 aliphatic rings. The molecule has 2 aromatic rings. The highest BCUT2D eigenvalue weighted by Crippen LogP contribution is 2.35. The second-order valence-electron chi connectivity index (χ2n) is 5.33. The van der Waals surface area contributed by atoms with Gasteiger partial charge in [0, 0.05) is 10.6 Å². The number of carboxylic acids is 1. The van der Waals surface area contributed by atoms with Gasteiger partial charge in [-0.2, -0.15) is 0 Å². The fraction of sp³-hybridized carbons (Fsp3) is 0.176. The summed E-state index contributed by atoms with van der Waals surface area (Å²) in [5, 5.41) is 9.31. The first-order valence-electron chi connectivity index (χ1n) is 7.18. The third kappa shape index (κ3) is 3.19. The first kappa shape index (κ1) is 16.3. The molecule has 0 aliphatic carbocycles. The van der Waals surface area contributed by atoms with Gasteiger partial charge in [-0.1, -0.05) is 23.7 Å².